The zero-order chi connectivity index (χ0) is 25.3. The van der Waals surface area contributed by atoms with E-state index in [-0.39, 0.29) is 23.0 Å². The number of aryl methyl sites for hydroxylation is 1. The predicted molar refractivity (Wildman–Crippen MR) is 130 cm³/mol. The van der Waals surface area contributed by atoms with Crippen LogP contribution >= 0.6 is 0 Å². The zero-order valence-corrected chi connectivity index (χ0v) is 19.9. The van der Waals surface area contributed by atoms with Crippen molar-refractivity contribution in [2.45, 2.75) is 25.8 Å². The molecular weight excluding hydrogens is 448 g/mol. The highest BCUT2D eigenvalue weighted by Gasteiger charge is 2.33. The Balaban J connectivity index is 1.78. The fraction of sp³-hybridized carbons (Fsp3) is 0.259. The summed E-state index contributed by atoms with van der Waals surface area (Å²) in [6.07, 6.45) is 0.952. The van der Waals surface area contributed by atoms with E-state index in [4.69, 9.17) is 15.2 Å². The first-order chi connectivity index (χ1) is 16.7. The molecule has 1 atom stereocenters. The highest BCUT2D eigenvalue weighted by atomic mass is 16.5. The lowest BCUT2D eigenvalue weighted by atomic mass is 9.87. The van der Waals surface area contributed by atoms with Crippen LogP contribution in [0.3, 0.4) is 0 Å². The Morgan fingerprint density at radius 1 is 0.971 bits per heavy atom. The van der Waals surface area contributed by atoms with Gasteiger partial charge in [0.05, 0.1) is 20.3 Å². The minimum Gasteiger partial charge on any atom is -0.504 e. The normalized spacial score (nSPS) is 14.8. The predicted octanol–water partition coefficient (Wildman–Crippen LogP) is 3.50. The number of carbonyl (C=O) groups excluding carboxylic acids is 2. The maximum atomic E-state index is 13.7. The minimum atomic E-state index is -0.603. The summed E-state index contributed by atoms with van der Waals surface area (Å²) >= 11 is 0. The molecule has 8 nitrogen and oxygen atoms in total. The number of phenols is 2. The molecule has 0 aliphatic carbocycles. The second kappa shape index (κ2) is 9.58. The van der Waals surface area contributed by atoms with Gasteiger partial charge in [-0.25, -0.2) is 0 Å². The van der Waals surface area contributed by atoms with E-state index in [9.17, 15) is 19.8 Å². The Bertz CT molecular complexity index is 1300. The number of fused-ring (bicyclic) bond motifs is 1. The molecule has 4 N–H and O–H groups in total. The van der Waals surface area contributed by atoms with Crippen molar-refractivity contribution in [3.05, 3.63) is 81.9 Å². The smallest absolute Gasteiger partial charge is 0.254 e. The quantitative estimate of drug-likeness (QED) is 0.501. The molecule has 1 aliphatic heterocycles. The van der Waals surface area contributed by atoms with Crippen LogP contribution in [-0.2, 0) is 12.8 Å². The van der Waals surface area contributed by atoms with Gasteiger partial charge in [-0.2, -0.15) is 0 Å². The Kier molecular flexibility index (Phi) is 6.55. The number of ether oxygens (including phenoxy) is 2. The molecule has 1 unspecified atom stereocenters. The summed E-state index contributed by atoms with van der Waals surface area (Å²) in [5.74, 6) is -0.147. The van der Waals surface area contributed by atoms with E-state index in [2.05, 4.69) is 0 Å². The summed E-state index contributed by atoms with van der Waals surface area (Å²) in [4.78, 5) is 27.2. The van der Waals surface area contributed by atoms with Crippen molar-refractivity contribution in [1.29, 1.82) is 0 Å². The second-order valence-corrected chi connectivity index (χ2v) is 8.65. The summed E-state index contributed by atoms with van der Waals surface area (Å²) in [5, 5.41) is 20.8. The SMILES string of the molecule is COc1ccc(CC2c3cc(O)c(OC)cc3CCN2C(=O)c2cc(C)cc(C(N)=O)c2)cc1O. The molecule has 4 rings (SSSR count). The number of methoxy groups -OCH3 is 2. The molecule has 3 aromatic carbocycles. The third kappa shape index (κ3) is 4.73. The number of primary amides is 1. The van der Waals surface area contributed by atoms with Gasteiger partial charge in [0.1, 0.15) is 0 Å². The number of aromatic hydroxyl groups is 2. The van der Waals surface area contributed by atoms with E-state index in [0.29, 0.717) is 36.4 Å². The molecule has 182 valence electrons. The summed E-state index contributed by atoms with van der Waals surface area (Å²) in [7, 11) is 2.97. The molecule has 1 heterocycles. The molecule has 0 saturated heterocycles. The van der Waals surface area contributed by atoms with E-state index >= 15 is 0 Å². The van der Waals surface area contributed by atoms with E-state index < -0.39 is 11.9 Å². The van der Waals surface area contributed by atoms with Gasteiger partial charge in [-0.1, -0.05) is 6.07 Å². The number of nitrogens with zero attached hydrogens (tertiary/aromatic N) is 1. The monoisotopic (exact) mass is 476 g/mol. The lowest BCUT2D eigenvalue weighted by molar-refractivity contribution is 0.0659. The lowest BCUT2D eigenvalue weighted by Gasteiger charge is -2.38. The van der Waals surface area contributed by atoms with E-state index in [1.807, 2.05) is 6.07 Å². The minimum absolute atomic E-state index is 0.00118. The van der Waals surface area contributed by atoms with Crippen LogP contribution in [0.1, 0.15) is 49.0 Å². The summed E-state index contributed by atoms with van der Waals surface area (Å²) in [6, 6.07) is 13.0. The molecular formula is C27H28N2O6. The van der Waals surface area contributed by atoms with Gasteiger partial charge in [0, 0.05) is 17.7 Å². The number of hydrogen-bond donors (Lipinski definition) is 3. The van der Waals surface area contributed by atoms with Gasteiger partial charge in [0.25, 0.3) is 5.91 Å². The largest absolute Gasteiger partial charge is 0.504 e. The maximum Gasteiger partial charge on any atom is 0.254 e. The van der Waals surface area contributed by atoms with Crippen LogP contribution in [0.5, 0.6) is 23.0 Å². The fourth-order valence-electron chi connectivity index (χ4n) is 4.65. The molecule has 1 aliphatic rings. The topological polar surface area (TPSA) is 122 Å². The molecule has 0 spiro atoms. The molecule has 0 fully saturated rings. The molecule has 8 heteroatoms. The van der Waals surface area contributed by atoms with Crippen molar-refractivity contribution in [1.82, 2.24) is 4.90 Å². The van der Waals surface area contributed by atoms with Crippen LogP contribution in [0.25, 0.3) is 0 Å². The van der Waals surface area contributed by atoms with Crippen LogP contribution in [0.15, 0.2) is 48.5 Å². The first-order valence-electron chi connectivity index (χ1n) is 11.2. The molecule has 0 saturated carbocycles. The fourth-order valence-corrected chi connectivity index (χ4v) is 4.65. The highest BCUT2D eigenvalue weighted by molar-refractivity contribution is 5.99. The van der Waals surface area contributed by atoms with Crippen LogP contribution in [-0.4, -0.2) is 47.7 Å². The Labute approximate surface area is 203 Å². The van der Waals surface area contributed by atoms with Gasteiger partial charge in [0.15, 0.2) is 23.0 Å². The Hall–Kier alpha value is -4.20. The summed E-state index contributed by atoms with van der Waals surface area (Å²) in [5.41, 5.74) is 9.40. The van der Waals surface area contributed by atoms with Crippen molar-refractivity contribution in [3.8, 4) is 23.0 Å². The van der Waals surface area contributed by atoms with Gasteiger partial charge in [-0.15, -0.1) is 0 Å². The second-order valence-electron chi connectivity index (χ2n) is 8.65. The van der Waals surface area contributed by atoms with Gasteiger partial charge >= 0.3 is 0 Å². The molecule has 3 aromatic rings. The van der Waals surface area contributed by atoms with Crippen molar-refractivity contribution >= 4 is 11.8 Å². The first-order valence-corrected chi connectivity index (χ1v) is 11.2. The van der Waals surface area contributed by atoms with Gasteiger partial charge in [-0.05, 0) is 84.5 Å². The standard InChI is InChI=1S/C27H28N2O6/c1-15-8-18(26(28)32)12-19(9-15)27(33)29-7-6-17-13-25(35-3)23(31)14-20(17)21(29)10-16-4-5-24(34-2)22(30)11-16/h4-5,8-9,11-14,21,30-31H,6-7,10H2,1-3H3,(H2,28,32). The van der Waals surface area contributed by atoms with Crippen LogP contribution < -0.4 is 15.2 Å². The number of carbonyl (C=O) groups is 2. The van der Waals surface area contributed by atoms with E-state index in [1.165, 1.54) is 20.3 Å². The van der Waals surface area contributed by atoms with Crippen molar-refractivity contribution in [3.63, 3.8) is 0 Å². The zero-order valence-electron chi connectivity index (χ0n) is 19.9. The first kappa shape index (κ1) is 23.9. The Morgan fingerprint density at radius 2 is 1.66 bits per heavy atom. The Morgan fingerprint density at radius 3 is 2.31 bits per heavy atom. The lowest BCUT2D eigenvalue weighted by Crippen LogP contribution is -2.41. The number of phenolic OH excluding ortho intramolecular Hbond substituents is 2. The summed E-state index contributed by atoms with van der Waals surface area (Å²) < 4.78 is 10.4. The highest BCUT2D eigenvalue weighted by Crippen LogP contribution is 2.40. The molecule has 0 radical (unpaired) electrons. The average Bonchev–Trinajstić information content (AvgIpc) is 2.83. The van der Waals surface area contributed by atoms with Gasteiger partial charge < -0.3 is 30.3 Å². The third-order valence-corrected chi connectivity index (χ3v) is 6.34. The number of hydrogen-bond acceptors (Lipinski definition) is 6. The number of rotatable bonds is 6. The van der Waals surface area contributed by atoms with Crippen molar-refractivity contribution < 1.29 is 29.3 Å². The summed E-state index contributed by atoms with van der Waals surface area (Å²) in [6.45, 7) is 2.23. The van der Waals surface area contributed by atoms with Crippen molar-refractivity contribution in [2.24, 2.45) is 5.73 Å². The average molecular weight is 477 g/mol. The van der Waals surface area contributed by atoms with Crippen LogP contribution in [0.2, 0.25) is 0 Å². The number of benzene rings is 3. The van der Waals surface area contributed by atoms with E-state index in [1.54, 1.807) is 48.2 Å². The number of nitrogens with two attached hydrogens (primary N) is 1. The van der Waals surface area contributed by atoms with Crippen molar-refractivity contribution in [2.75, 3.05) is 20.8 Å². The molecule has 0 aromatic heterocycles. The van der Waals surface area contributed by atoms with E-state index in [0.717, 1.165) is 22.3 Å². The van der Waals surface area contributed by atoms with Gasteiger partial charge in [-0.3, -0.25) is 9.59 Å². The third-order valence-electron chi connectivity index (χ3n) is 6.34. The van der Waals surface area contributed by atoms with Crippen LogP contribution in [0.4, 0.5) is 0 Å². The van der Waals surface area contributed by atoms with Gasteiger partial charge in [0.2, 0.25) is 5.91 Å². The maximum absolute atomic E-state index is 13.7. The number of amides is 2. The van der Waals surface area contributed by atoms with Crippen LogP contribution in [0, 0.1) is 6.92 Å². The molecule has 35 heavy (non-hydrogen) atoms. The molecule has 0 bridgehead atoms. The molecule has 2 amide bonds.